The molecule has 0 N–H and O–H groups in total. The van der Waals surface area contributed by atoms with Crippen molar-refractivity contribution in [2.45, 2.75) is 26.3 Å². The Morgan fingerprint density at radius 2 is 2.04 bits per heavy atom. The Labute approximate surface area is 134 Å². The highest BCUT2D eigenvalue weighted by Gasteiger charge is 2.23. The normalized spacial score (nSPS) is 15.4. The van der Waals surface area contributed by atoms with Gasteiger partial charge in [0.2, 0.25) is 0 Å². The maximum absolute atomic E-state index is 12.1. The van der Waals surface area contributed by atoms with E-state index in [-0.39, 0.29) is 5.56 Å². The zero-order chi connectivity index (χ0) is 16.2. The first kappa shape index (κ1) is 15.2. The molecule has 23 heavy (non-hydrogen) atoms. The summed E-state index contributed by atoms with van der Waals surface area (Å²) >= 11 is 0. The summed E-state index contributed by atoms with van der Waals surface area (Å²) < 4.78 is 1.69. The predicted molar refractivity (Wildman–Crippen MR) is 84.9 cm³/mol. The largest absolute Gasteiger partial charge is 0.354 e. The first-order chi connectivity index (χ1) is 11.2. The monoisotopic (exact) mass is 310 g/mol. The molecule has 118 valence electrons. The van der Waals surface area contributed by atoms with E-state index in [1.807, 2.05) is 0 Å². The summed E-state index contributed by atoms with van der Waals surface area (Å²) in [7, 11) is 0. The van der Waals surface area contributed by atoms with Crippen molar-refractivity contribution in [1.29, 1.82) is 5.26 Å². The zero-order valence-electron chi connectivity index (χ0n) is 13.0. The van der Waals surface area contributed by atoms with Gasteiger partial charge in [0.15, 0.2) is 11.5 Å². The molecular weight excluding hydrogens is 292 g/mol. The predicted octanol–water partition coefficient (Wildman–Crippen LogP) is 1.13. The molecule has 0 saturated carbocycles. The minimum atomic E-state index is 0.0307. The molecule has 0 amide bonds. The number of hydrogen-bond acceptors (Lipinski definition) is 6. The number of rotatable bonds is 3. The summed E-state index contributed by atoms with van der Waals surface area (Å²) in [6.45, 7) is 4.09. The van der Waals surface area contributed by atoms with Crippen LogP contribution in [0.1, 0.15) is 24.1 Å². The maximum Gasteiger partial charge on any atom is 0.256 e. The quantitative estimate of drug-likeness (QED) is 0.844. The zero-order valence-corrected chi connectivity index (χ0v) is 13.0. The second-order valence-corrected chi connectivity index (χ2v) is 5.80. The number of aryl methyl sites for hydroxylation is 1. The standard InChI is InChI=1S/C16H18N6O/c1-12-9-18-11-22(16(12)23)10-13-2-6-21(7-3-13)15-14(8-17)19-4-5-20-15/h4-5,9,11,13H,2-3,6-7,10H2,1H3. The van der Waals surface area contributed by atoms with Gasteiger partial charge in [-0.25, -0.2) is 15.0 Å². The second kappa shape index (κ2) is 6.57. The van der Waals surface area contributed by atoms with Crippen LogP contribution in [0.25, 0.3) is 0 Å². The molecule has 7 heteroatoms. The van der Waals surface area contributed by atoms with Gasteiger partial charge in [0.05, 0.1) is 6.33 Å². The van der Waals surface area contributed by atoms with Crippen molar-refractivity contribution in [1.82, 2.24) is 19.5 Å². The summed E-state index contributed by atoms with van der Waals surface area (Å²) in [5, 5.41) is 9.13. The van der Waals surface area contributed by atoms with Gasteiger partial charge in [-0.05, 0) is 25.7 Å². The minimum absolute atomic E-state index is 0.0307. The highest BCUT2D eigenvalue weighted by Crippen LogP contribution is 2.23. The summed E-state index contributed by atoms with van der Waals surface area (Å²) in [6.07, 6.45) is 8.24. The lowest BCUT2D eigenvalue weighted by molar-refractivity contribution is 0.349. The third-order valence-corrected chi connectivity index (χ3v) is 4.23. The van der Waals surface area contributed by atoms with Crippen molar-refractivity contribution in [2.24, 2.45) is 5.92 Å². The Bertz CT molecular complexity index is 786. The molecule has 0 spiro atoms. The lowest BCUT2D eigenvalue weighted by Crippen LogP contribution is -2.37. The van der Waals surface area contributed by atoms with Gasteiger partial charge < -0.3 is 4.90 Å². The number of hydrogen-bond donors (Lipinski definition) is 0. The van der Waals surface area contributed by atoms with Gasteiger partial charge in [-0.2, -0.15) is 5.26 Å². The Morgan fingerprint density at radius 3 is 2.78 bits per heavy atom. The molecule has 0 radical (unpaired) electrons. The van der Waals surface area contributed by atoms with Crippen molar-refractivity contribution in [3.8, 4) is 6.07 Å². The van der Waals surface area contributed by atoms with Crippen molar-refractivity contribution in [3.63, 3.8) is 0 Å². The molecule has 0 unspecified atom stereocenters. The van der Waals surface area contributed by atoms with Gasteiger partial charge in [0.1, 0.15) is 6.07 Å². The maximum atomic E-state index is 12.1. The van der Waals surface area contributed by atoms with Crippen LogP contribution >= 0.6 is 0 Å². The van der Waals surface area contributed by atoms with E-state index in [2.05, 4.69) is 25.9 Å². The number of aromatic nitrogens is 4. The van der Waals surface area contributed by atoms with E-state index in [4.69, 9.17) is 5.26 Å². The van der Waals surface area contributed by atoms with Gasteiger partial charge in [0, 0.05) is 43.8 Å². The van der Waals surface area contributed by atoms with Crippen LogP contribution in [0.5, 0.6) is 0 Å². The number of piperidine rings is 1. The van der Waals surface area contributed by atoms with E-state index in [1.54, 1.807) is 30.2 Å². The Kier molecular flexibility index (Phi) is 4.33. The average Bonchev–Trinajstić information content (AvgIpc) is 2.59. The smallest absolute Gasteiger partial charge is 0.256 e. The minimum Gasteiger partial charge on any atom is -0.354 e. The van der Waals surface area contributed by atoms with E-state index in [0.29, 0.717) is 29.5 Å². The van der Waals surface area contributed by atoms with Crippen LogP contribution in [-0.4, -0.2) is 32.6 Å². The molecule has 0 aromatic carbocycles. The van der Waals surface area contributed by atoms with E-state index in [9.17, 15) is 4.79 Å². The van der Waals surface area contributed by atoms with Gasteiger partial charge in [-0.1, -0.05) is 0 Å². The summed E-state index contributed by atoms with van der Waals surface area (Å²) in [4.78, 5) is 26.6. The molecule has 3 rings (SSSR count). The van der Waals surface area contributed by atoms with E-state index in [0.717, 1.165) is 25.9 Å². The topological polar surface area (TPSA) is 87.7 Å². The van der Waals surface area contributed by atoms with Gasteiger partial charge in [-0.15, -0.1) is 0 Å². The third kappa shape index (κ3) is 3.21. The van der Waals surface area contributed by atoms with E-state index < -0.39 is 0 Å². The fraction of sp³-hybridized carbons (Fsp3) is 0.438. The van der Waals surface area contributed by atoms with Crippen molar-refractivity contribution in [3.05, 3.63) is 46.5 Å². The Balaban J connectivity index is 1.66. The summed E-state index contributed by atoms with van der Waals surface area (Å²) in [5.74, 6) is 1.08. The molecule has 1 aliphatic heterocycles. The molecule has 0 atom stereocenters. The fourth-order valence-corrected chi connectivity index (χ4v) is 2.94. The molecule has 1 fully saturated rings. The highest BCUT2D eigenvalue weighted by molar-refractivity contribution is 5.49. The molecule has 1 saturated heterocycles. The lowest BCUT2D eigenvalue weighted by Gasteiger charge is -2.33. The summed E-state index contributed by atoms with van der Waals surface area (Å²) in [6, 6.07) is 2.09. The Hall–Kier alpha value is -2.75. The van der Waals surface area contributed by atoms with Gasteiger partial charge >= 0.3 is 0 Å². The van der Waals surface area contributed by atoms with Gasteiger partial charge in [-0.3, -0.25) is 9.36 Å². The number of nitriles is 1. The SMILES string of the molecule is Cc1cncn(CC2CCN(c3nccnc3C#N)CC2)c1=O. The van der Waals surface area contributed by atoms with Crippen LogP contribution in [0.4, 0.5) is 5.82 Å². The molecule has 0 bridgehead atoms. The van der Waals surface area contributed by atoms with Crippen LogP contribution in [-0.2, 0) is 6.54 Å². The molecular formula is C16H18N6O. The molecule has 2 aromatic rings. The molecule has 7 nitrogen and oxygen atoms in total. The first-order valence-electron chi connectivity index (χ1n) is 7.66. The average molecular weight is 310 g/mol. The van der Waals surface area contributed by atoms with Crippen molar-refractivity contribution >= 4 is 5.82 Å². The number of anilines is 1. The van der Waals surface area contributed by atoms with E-state index in [1.165, 1.54) is 6.20 Å². The molecule has 0 aliphatic carbocycles. The number of nitrogens with zero attached hydrogens (tertiary/aromatic N) is 6. The van der Waals surface area contributed by atoms with Crippen LogP contribution in [0.2, 0.25) is 0 Å². The second-order valence-electron chi connectivity index (χ2n) is 5.80. The Morgan fingerprint density at radius 1 is 1.30 bits per heavy atom. The third-order valence-electron chi connectivity index (χ3n) is 4.23. The summed E-state index contributed by atoms with van der Waals surface area (Å²) in [5.41, 5.74) is 1.07. The van der Waals surface area contributed by atoms with Gasteiger partial charge in [0.25, 0.3) is 5.56 Å². The van der Waals surface area contributed by atoms with Crippen LogP contribution in [0, 0.1) is 24.2 Å². The first-order valence-corrected chi connectivity index (χ1v) is 7.66. The van der Waals surface area contributed by atoms with Crippen LogP contribution < -0.4 is 10.5 Å². The fourth-order valence-electron chi connectivity index (χ4n) is 2.94. The molecule has 3 heterocycles. The van der Waals surface area contributed by atoms with Crippen LogP contribution in [0.15, 0.2) is 29.7 Å². The van der Waals surface area contributed by atoms with Crippen molar-refractivity contribution in [2.75, 3.05) is 18.0 Å². The molecule has 2 aromatic heterocycles. The van der Waals surface area contributed by atoms with Crippen LogP contribution in [0.3, 0.4) is 0 Å². The van der Waals surface area contributed by atoms with E-state index >= 15 is 0 Å². The van der Waals surface area contributed by atoms with Crippen molar-refractivity contribution < 1.29 is 0 Å². The lowest BCUT2D eigenvalue weighted by atomic mass is 9.96. The highest BCUT2D eigenvalue weighted by atomic mass is 16.1. The molecule has 1 aliphatic rings.